The minimum Gasteiger partial charge on any atom is -0.390 e. The van der Waals surface area contributed by atoms with Gasteiger partial charge < -0.3 is 10.8 Å². The van der Waals surface area contributed by atoms with E-state index in [2.05, 4.69) is 5.43 Å². The second-order valence-electron chi connectivity index (χ2n) is 1.99. The standard InChI is InChI=1S/C5H15N3O/c1-7-8(2)4-5(9)3-6/h5,7,9H,3-4,6H2,1-2H3. The summed E-state index contributed by atoms with van der Waals surface area (Å²) in [6.07, 6.45) is -0.428. The van der Waals surface area contributed by atoms with Crippen LogP contribution < -0.4 is 11.2 Å². The summed E-state index contributed by atoms with van der Waals surface area (Å²) >= 11 is 0. The van der Waals surface area contributed by atoms with Gasteiger partial charge in [0.1, 0.15) is 0 Å². The van der Waals surface area contributed by atoms with Gasteiger partial charge in [-0.3, -0.25) is 5.43 Å². The van der Waals surface area contributed by atoms with Crippen LogP contribution in [0.4, 0.5) is 0 Å². The van der Waals surface area contributed by atoms with E-state index in [9.17, 15) is 0 Å². The van der Waals surface area contributed by atoms with Gasteiger partial charge in [-0.25, -0.2) is 5.01 Å². The summed E-state index contributed by atoms with van der Waals surface area (Å²) in [5, 5.41) is 10.7. The van der Waals surface area contributed by atoms with Crippen molar-refractivity contribution in [2.45, 2.75) is 6.10 Å². The molecule has 0 fully saturated rings. The minimum absolute atomic E-state index is 0.312. The van der Waals surface area contributed by atoms with Crippen LogP contribution in [0.3, 0.4) is 0 Å². The van der Waals surface area contributed by atoms with Gasteiger partial charge in [0.25, 0.3) is 0 Å². The number of rotatable bonds is 4. The first-order valence-electron chi connectivity index (χ1n) is 2.97. The van der Waals surface area contributed by atoms with Crippen LogP contribution in [-0.2, 0) is 0 Å². The summed E-state index contributed by atoms with van der Waals surface area (Å²) in [6, 6.07) is 0. The van der Waals surface area contributed by atoms with Crippen LogP contribution in [0.2, 0.25) is 0 Å². The lowest BCUT2D eigenvalue weighted by atomic mass is 10.3. The maximum absolute atomic E-state index is 8.95. The average molecular weight is 133 g/mol. The fourth-order valence-corrected chi connectivity index (χ4v) is 0.482. The molecule has 0 aliphatic heterocycles. The van der Waals surface area contributed by atoms with Gasteiger partial charge in [-0.2, -0.15) is 0 Å². The maximum atomic E-state index is 8.95. The van der Waals surface area contributed by atoms with E-state index in [0.717, 1.165) is 0 Å². The lowest BCUT2D eigenvalue weighted by Gasteiger charge is -2.17. The molecule has 4 heteroatoms. The number of hydrogen-bond acceptors (Lipinski definition) is 4. The number of hydrogen-bond donors (Lipinski definition) is 3. The van der Waals surface area contributed by atoms with Crippen LogP contribution in [0.1, 0.15) is 0 Å². The molecule has 4 N–H and O–H groups in total. The fourth-order valence-electron chi connectivity index (χ4n) is 0.482. The molecule has 0 aromatic rings. The number of hydrazine groups is 1. The molecular formula is C5H15N3O. The highest BCUT2D eigenvalue weighted by Crippen LogP contribution is 1.80. The smallest absolute Gasteiger partial charge is 0.0803 e. The quantitative estimate of drug-likeness (QED) is 0.403. The molecule has 1 unspecified atom stereocenters. The van der Waals surface area contributed by atoms with Gasteiger partial charge in [0, 0.05) is 20.1 Å². The first-order chi connectivity index (χ1) is 4.20. The first kappa shape index (κ1) is 8.84. The van der Waals surface area contributed by atoms with Crippen molar-refractivity contribution in [1.82, 2.24) is 10.4 Å². The van der Waals surface area contributed by atoms with Crippen molar-refractivity contribution in [3.63, 3.8) is 0 Å². The number of nitrogens with zero attached hydrogens (tertiary/aromatic N) is 1. The number of nitrogens with two attached hydrogens (primary N) is 1. The van der Waals surface area contributed by atoms with E-state index in [1.807, 2.05) is 7.05 Å². The molecule has 0 saturated carbocycles. The Morgan fingerprint density at radius 2 is 2.33 bits per heavy atom. The van der Waals surface area contributed by atoms with Crippen molar-refractivity contribution in [3.05, 3.63) is 0 Å². The Bertz CT molecular complexity index is 61.2. The van der Waals surface area contributed by atoms with Gasteiger partial charge in [-0.05, 0) is 7.05 Å². The Morgan fingerprint density at radius 3 is 2.67 bits per heavy atom. The largest absolute Gasteiger partial charge is 0.390 e. The van der Waals surface area contributed by atoms with Crippen LogP contribution in [-0.4, -0.2) is 43.4 Å². The molecule has 0 saturated heterocycles. The van der Waals surface area contributed by atoms with Crippen molar-refractivity contribution >= 4 is 0 Å². The van der Waals surface area contributed by atoms with E-state index < -0.39 is 6.10 Å². The molecule has 9 heavy (non-hydrogen) atoms. The second-order valence-corrected chi connectivity index (χ2v) is 1.99. The van der Waals surface area contributed by atoms with Gasteiger partial charge in [0.15, 0.2) is 0 Å². The molecule has 0 bridgehead atoms. The van der Waals surface area contributed by atoms with E-state index in [1.165, 1.54) is 0 Å². The molecule has 4 nitrogen and oxygen atoms in total. The third-order valence-electron chi connectivity index (χ3n) is 1.14. The highest BCUT2D eigenvalue weighted by atomic mass is 16.3. The monoisotopic (exact) mass is 133 g/mol. The molecule has 0 amide bonds. The third kappa shape index (κ3) is 4.35. The second kappa shape index (κ2) is 4.69. The molecule has 0 spiro atoms. The Balaban J connectivity index is 3.22. The molecular weight excluding hydrogens is 118 g/mol. The topological polar surface area (TPSA) is 61.5 Å². The number of aliphatic hydroxyl groups excluding tert-OH is 1. The zero-order valence-corrected chi connectivity index (χ0v) is 5.96. The van der Waals surface area contributed by atoms with Gasteiger partial charge in [-0.15, -0.1) is 0 Å². The van der Waals surface area contributed by atoms with E-state index in [-0.39, 0.29) is 0 Å². The summed E-state index contributed by atoms with van der Waals surface area (Å²) in [7, 11) is 3.64. The minimum atomic E-state index is -0.428. The van der Waals surface area contributed by atoms with Gasteiger partial charge in [-0.1, -0.05) is 0 Å². The third-order valence-corrected chi connectivity index (χ3v) is 1.14. The van der Waals surface area contributed by atoms with Crippen molar-refractivity contribution in [2.75, 3.05) is 27.2 Å². The number of nitrogens with one attached hydrogen (secondary N) is 1. The fraction of sp³-hybridized carbons (Fsp3) is 1.00. The SMILES string of the molecule is CNN(C)CC(O)CN. The molecule has 0 aromatic heterocycles. The Kier molecular flexibility index (Phi) is 4.61. The van der Waals surface area contributed by atoms with Crippen molar-refractivity contribution in [3.8, 4) is 0 Å². The number of aliphatic hydroxyl groups is 1. The highest BCUT2D eigenvalue weighted by Gasteiger charge is 2.02. The van der Waals surface area contributed by atoms with Crippen molar-refractivity contribution in [2.24, 2.45) is 5.73 Å². The van der Waals surface area contributed by atoms with Gasteiger partial charge in [0.05, 0.1) is 6.10 Å². The predicted molar refractivity (Wildman–Crippen MR) is 36.8 cm³/mol. The molecule has 56 valence electrons. The molecule has 0 aromatic carbocycles. The van der Waals surface area contributed by atoms with Crippen molar-refractivity contribution < 1.29 is 5.11 Å². The predicted octanol–water partition coefficient (Wildman–Crippen LogP) is -1.63. The lowest BCUT2D eigenvalue weighted by Crippen LogP contribution is -2.40. The lowest BCUT2D eigenvalue weighted by molar-refractivity contribution is 0.112. The summed E-state index contributed by atoms with van der Waals surface area (Å²) in [4.78, 5) is 0. The van der Waals surface area contributed by atoms with E-state index in [4.69, 9.17) is 10.8 Å². The molecule has 0 heterocycles. The zero-order chi connectivity index (χ0) is 7.28. The molecule has 1 atom stereocenters. The van der Waals surface area contributed by atoms with Gasteiger partial charge >= 0.3 is 0 Å². The summed E-state index contributed by atoms with van der Waals surface area (Å²) in [5.41, 5.74) is 8.02. The average Bonchev–Trinajstić information content (AvgIpc) is 1.87. The van der Waals surface area contributed by atoms with Crippen LogP contribution in [0.5, 0.6) is 0 Å². The molecule has 0 radical (unpaired) electrons. The van der Waals surface area contributed by atoms with Gasteiger partial charge in [0.2, 0.25) is 0 Å². The zero-order valence-electron chi connectivity index (χ0n) is 5.96. The Hall–Kier alpha value is -0.160. The summed E-state index contributed by atoms with van der Waals surface area (Å²) in [6.45, 7) is 0.874. The van der Waals surface area contributed by atoms with Crippen LogP contribution in [0, 0.1) is 0 Å². The van der Waals surface area contributed by atoms with Crippen LogP contribution in [0.15, 0.2) is 0 Å². The molecule has 0 aliphatic rings. The van der Waals surface area contributed by atoms with Crippen LogP contribution >= 0.6 is 0 Å². The molecule has 0 rings (SSSR count). The van der Waals surface area contributed by atoms with Crippen molar-refractivity contribution in [1.29, 1.82) is 0 Å². The van der Waals surface area contributed by atoms with Crippen LogP contribution in [0.25, 0.3) is 0 Å². The Labute approximate surface area is 55.6 Å². The highest BCUT2D eigenvalue weighted by molar-refractivity contribution is 4.57. The molecule has 0 aliphatic carbocycles. The Morgan fingerprint density at radius 1 is 1.78 bits per heavy atom. The number of likely N-dealkylation sites (N-methyl/N-ethyl adjacent to an activating group) is 1. The summed E-state index contributed by atoms with van der Waals surface area (Å²) in [5.74, 6) is 0. The van der Waals surface area contributed by atoms with E-state index >= 15 is 0 Å². The first-order valence-corrected chi connectivity index (χ1v) is 2.97. The van der Waals surface area contributed by atoms with E-state index in [1.54, 1.807) is 12.1 Å². The maximum Gasteiger partial charge on any atom is 0.0803 e. The normalized spacial score (nSPS) is 14.3. The summed E-state index contributed by atoms with van der Waals surface area (Å²) < 4.78 is 0. The van der Waals surface area contributed by atoms with E-state index in [0.29, 0.717) is 13.1 Å².